The van der Waals surface area contributed by atoms with Gasteiger partial charge in [-0.15, -0.1) is 11.3 Å². The molecule has 0 aromatic carbocycles. The molecule has 1 aliphatic carbocycles. The summed E-state index contributed by atoms with van der Waals surface area (Å²) in [6, 6.07) is 8.11. The van der Waals surface area contributed by atoms with E-state index >= 15 is 0 Å². The summed E-state index contributed by atoms with van der Waals surface area (Å²) in [6.07, 6.45) is 7.67. The number of nitrogens with zero attached hydrogens (tertiary/aromatic N) is 5. The van der Waals surface area contributed by atoms with Crippen LogP contribution in [0.5, 0.6) is 0 Å². The normalized spacial score (nSPS) is 15.0. The van der Waals surface area contributed by atoms with Gasteiger partial charge in [-0.2, -0.15) is 10.2 Å². The van der Waals surface area contributed by atoms with Gasteiger partial charge in [0.25, 0.3) is 5.91 Å². The van der Waals surface area contributed by atoms with Gasteiger partial charge in [0, 0.05) is 13.1 Å². The lowest BCUT2D eigenvalue weighted by atomic mass is 9.96. The fourth-order valence-electron chi connectivity index (χ4n) is 4.39. The topological polar surface area (TPSA) is 77.6 Å². The Morgan fingerprint density at radius 2 is 2.07 bits per heavy atom. The summed E-state index contributed by atoms with van der Waals surface area (Å²) in [5.41, 5.74) is 2.88. The van der Waals surface area contributed by atoms with Gasteiger partial charge < -0.3 is 5.32 Å². The van der Waals surface area contributed by atoms with E-state index in [2.05, 4.69) is 15.5 Å². The molecule has 0 radical (unpaired) electrons. The van der Waals surface area contributed by atoms with Crippen LogP contribution in [0, 0.1) is 6.92 Å². The van der Waals surface area contributed by atoms with Crippen molar-refractivity contribution in [3.8, 4) is 10.6 Å². The van der Waals surface area contributed by atoms with E-state index in [1.54, 1.807) is 22.2 Å². The van der Waals surface area contributed by atoms with Crippen LogP contribution >= 0.6 is 11.3 Å². The second-order valence-corrected chi connectivity index (χ2v) is 8.79. The first-order valence-electron chi connectivity index (χ1n) is 10.3. The third-order valence-corrected chi connectivity index (χ3v) is 6.71. The maximum Gasteiger partial charge on any atom is 0.257 e. The number of carbonyl (C=O) groups excluding carboxylic acids is 1. The molecule has 0 aliphatic heterocycles. The third-order valence-electron chi connectivity index (χ3n) is 5.82. The van der Waals surface area contributed by atoms with Crippen LogP contribution in [0.4, 0.5) is 5.82 Å². The number of nitrogens with one attached hydrogen (secondary N) is 1. The molecule has 1 aliphatic rings. The number of hydrogen-bond acceptors (Lipinski definition) is 5. The van der Waals surface area contributed by atoms with Crippen LogP contribution in [0.1, 0.15) is 54.2 Å². The predicted octanol–water partition coefficient (Wildman–Crippen LogP) is 4.96. The van der Waals surface area contributed by atoms with Crippen molar-refractivity contribution in [1.29, 1.82) is 0 Å². The van der Waals surface area contributed by atoms with Gasteiger partial charge in [0.15, 0.2) is 5.65 Å². The first kappa shape index (κ1) is 19.0. The minimum absolute atomic E-state index is 0.158. The Morgan fingerprint density at radius 1 is 1.23 bits per heavy atom. The summed E-state index contributed by atoms with van der Waals surface area (Å²) in [5, 5.41) is 14.9. The molecule has 0 atom stereocenters. The Balaban J connectivity index is 1.55. The Bertz CT molecular complexity index is 1200. The molecule has 4 aromatic rings. The number of fused-ring (bicyclic) bond motifs is 1. The number of carbonyl (C=O) groups is 1. The third kappa shape index (κ3) is 3.31. The van der Waals surface area contributed by atoms with E-state index in [0.29, 0.717) is 17.3 Å². The minimum atomic E-state index is -0.158. The minimum Gasteiger partial charge on any atom is -0.307 e. The van der Waals surface area contributed by atoms with E-state index in [0.717, 1.165) is 40.3 Å². The molecule has 30 heavy (non-hydrogen) atoms. The zero-order valence-electron chi connectivity index (χ0n) is 17.1. The second-order valence-electron chi connectivity index (χ2n) is 7.85. The van der Waals surface area contributed by atoms with Crippen molar-refractivity contribution >= 4 is 34.1 Å². The first-order chi connectivity index (χ1) is 14.6. The van der Waals surface area contributed by atoms with Crippen molar-refractivity contribution in [1.82, 2.24) is 24.5 Å². The molecule has 4 heterocycles. The molecule has 1 saturated carbocycles. The fourth-order valence-corrected chi connectivity index (χ4v) is 5.07. The predicted molar refractivity (Wildman–Crippen MR) is 119 cm³/mol. The number of amides is 1. The number of thiophene rings is 1. The van der Waals surface area contributed by atoms with Gasteiger partial charge in [-0.05, 0) is 37.3 Å². The van der Waals surface area contributed by atoms with Gasteiger partial charge in [0.1, 0.15) is 5.82 Å². The Labute approximate surface area is 178 Å². The lowest BCUT2D eigenvalue weighted by Gasteiger charge is -2.24. The summed E-state index contributed by atoms with van der Waals surface area (Å²) in [7, 11) is 1.86. The monoisotopic (exact) mass is 420 g/mol. The maximum atomic E-state index is 13.4. The molecule has 154 valence electrons. The highest BCUT2D eigenvalue weighted by molar-refractivity contribution is 7.13. The van der Waals surface area contributed by atoms with E-state index in [4.69, 9.17) is 4.98 Å². The second kappa shape index (κ2) is 7.68. The number of hydrogen-bond donors (Lipinski definition) is 1. The highest BCUT2D eigenvalue weighted by Gasteiger charge is 2.23. The zero-order valence-corrected chi connectivity index (χ0v) is 17.9. The largest absolute Gasteiger partial charge is 0.307 e. The van der Waals surface area contributed by atoms with Gasteiger partial charge >= 0.3 is 0 Å². The van der Waals surface area contributed by atoms with E-state index in [-0.39, 0.29) is 5.91 Å². The number of aromatic nitrogens is 5. The van der Waals surface area contributed by atoms with Gasteiger partial charge in [0.2, 0.25) is 0 Å². The molecule has 0 bridgehead atoms. The van der Waals surface area contributed by atoms with Crippen LogP contribution < -0.4 is 5.32 Å². The van der Waals surface area contributed by atoms with Gasteiger partial charge in [0.05, 0.1) is 39.5 Å². The van der Waals surface area contributed by atoms with Crippen LogP contribution in [0.2, 0.25) is 0 Å². The lowest BCUT2D eigenvalue weighted by Crippen LogP contribution is -2.20. The molecule has 0 unspecified atom stereocenters. The summed E-state index contributed by atoms with van der Waals surface area (Å²) < 4.78 is 3.72. The smallest absolute Gasteiger partial charge is 0.257 e. The first-order valence-corrected chi connectivity index (χ1v) is 11.2. The van der Waals surface area contributed by atoms with Crippen molar-refractivity contribution in [2.45, 2.75) is 45.1 Å². The van der Waals surface area contributed by atoms with Crippen LogP contribution in [0.3, 0.4) is 0 Å². The zero-order chi connectivity index (χ0) is 20.7. The summed E-state index contributed by atoms with van der Waals surface area (Å²) in [5.74, 6) is 0.588. The number of anilines is 1. The summed E-state index contributed by atoms with van der Waals surface area (Å²) in [6.45, 7) is 1.91. The molecule has 7 nitrogen and oxygen atoms in total. The van der Waals surface area contributed by atoms with E-state index in [1.807, 2.05) is 48.3 Å². The molecular weight excluding hydrogens is 396 g/mol. The van der Waals surface area contributed by atoms with E-state index < -0.39 is 0 Å². The Morgan fingerprint density at radius 3 is 2.83 bits per heavy atom. The molecule has 4 aromatic heterocycles. The van der Waals surface area contributed by atoms with E-state index in [1.165, 1.54) is 19.3 Å². The van der Waals surface area contributed by atoms with Crippen LogP contribution in [-0.2, 0) is 7.05 Å². The molecule has 1 N–H and O–H groups in total. The summed E-state index contributed by atoms with van der Waals surface area (Å²) in [4.78, 5) is 19.2. The Kier molecular flexibility index (Phi) is 4.86. The standard InChI is InChI=1S/C22H24N6OS/c1-14-20-16(13-17(18-9-6-12-30-18)24-21(20)27(2)26-14)22(29)25-19-10-11-23-28(19)15-7-4-3-5-8-15/h6,9-13,15H,3-5,7-8H2,1-2H3,(H,25,29). The molecule has 1 fully saturated rings. The quantitative estimate of drug-likeness (QED) is 0.506. The van der Waals surface area contributed by atoms with Crippen molar-refractivity contribution < 1.29 is 4.79 Å². The van der Waals surface area contributed by atoms with E-state index in [9.17, 15) is 4.79 Å². The molecule has 0 spiro atoms. The molecule has 0 saturated heterocycles. The van der Waals surface area contributed by atoms with Crippen molar-refractivity contribution in [3.05, 3.63) is 47.1 Å². The average Bonchev–Trinajstić information content (AvgIpc) is 3.50. The van der Waals surface area contributed by atoms with Crippen LogP contribution in [-0.4, -0.2) is 30.5 Å². The van der Waals surface area contributed by atoms with Crippen molar-refractivity contribution in [2.24, 2.45) is 7.05 Å². The molecule has 5 rings (SSSR count). The fraction of sp³-hybridized carbons (Fsp3) is 0.364. The average molecular weight is 421 g/mol. The molecule has 1 amide bonds. The van der Waals surface area contributed by atoms with Crippen molar-refractivity contribution in [2.75, 3.05) is 5.32 Å². The van der Waals surface area contributed by atoms with Gasteiger partial charge in [-0.1, -0.05) is 25.3 Å². The Hall–Kier alpha value is -3.00. The van der Waals surface area contributed by atoms with Crippen molar-refractivity contribution in [3.63, 3.8) is 0 Å². The van der Waals surface area contributed by atoms with Gasteiger partial charge in [-0.3, -0.25) is 9.48 Å². The highest BCUT2D eigenvalue weighted by Crippen LogP contribution is 2.32. The molecule has 8 heteroatoms. The number of rotatable bonds is 4. The van der Waals surface area contributed by atoms with Gasteiger partial charge in [-0.25, -0.2) is 9.67 Å². The SMILES string of the molecule is Cc1nn(C)c2nc(-c3cccs3)cc(C(=O)Nc3ccnn3C3CCCCC3)c12. The maximum absolute atomic E-state index is 13.4. The highest BCUT2D eigenvalue weighted by atomic mass is 32.1. The number of aryl methyl sites for hydroxylation is 2. The molecular formula is C22H24N6OS. The number of pyridine rings is 1. The lowest BCUT2D eigenvalue weighted by molar-refractivity contribution is 0.102. The van der Waals surface area contributed by atoms with Crippen LogP contribution in [0.15, 0.2) is 35.8 Å². The van der Waals surface area contributed by atoms with Crippen LogP contribution in [0.25, 0.3) is 21.6 Å². The summed E-state index contributed by atoms with van der Waals surface area (Å²) >= 11 is 1.61.